The van der Waals surface area contributed by atoms with E-state index in [2.05, 4.69) is 26.2 Å². The topological polar surface area (TPSA) is 99.5 Å². The van der Waals surface area contributed by atoms with Crippen molar-refractivity contribution in [1.29, 1.82) is 0 Å². The second kappa shape index (κ2) is 9.61. The van der Waals surface area contributed by atoms with E-state index in [4.69, 9.17) is 9.47 Å². The highest BCUT2D eigenvalue weighted by molar-refractivity contribution is 9.10. The summed E-state index contributed by atoms with van der Waals surface area (Å²) in [4.78, 5) is 40.9. The number of aromatic nitrogens is 2. The molecule has 0 aliphatic carbocycles. The van der Waals surface area contributed by atoms with Crippen molar-refractivity contribution in [2.75, 3.05) is 6.54 Å². The lowest BCUT2D eigenvalue weighted by Gasteiger charge is -2.16. The molecule has 0 fully saturated rings. The number of esters is 2. The van der Waals surface area contributed by atoms with E-state index in [-0.39, 0.29) is 17.1 Å². The van der Waals surface area contributed by atoms with E-state index in [9.17, 15) is 14.4 Å². The predicted molar refractivity (Wildman–Crippen MR) is 119 cm³/mol. The van der Waals surface area contributed by atoms with Gasteiger partial charge in [-0.15, -0.1) is 0 Å². The van der Waals surface area contributed by atoms with Gasteiger partial charge in [-0.05, 0) is 34.5 Å². The van der Waals surface area contributed by atoms with E-state index in [1.807, 2.05) is 41.1 Å². The summed E-state index contributed by atoms with van der Waals surface area (Å²) < 4.78 is 12.8. The molecule has 2 heterocycles. The second-order valence-corrected chi connectivity index (χ2v) is 7.70. The van der Waals surface area contributed by atoms with Crippen molar-refractivity contribution in [3.05, 3.63) is 77.0 Å². The molecule has 3 aromatic rings. The molecule has 1 amide bonds. The second-order valence-electron chi connectivity index (χ2n) is 6.85. The van der Waals surface area contributed by atoms with Crippen molar-refractivity contribution >= 4 is 33.8 Å². The van der Waals surface area contributed by atoms with Crippen molar-refractivity contribution in [1.82, 2.24) is 14.9 Å². The fraction of sp³-hybridized carbons (Fsp3) is 0.130. The zero-order valence-electron chi connectivity index (χ0n) is 16.8. The maximum Gasteiger partial charge on any atom is 0.336 e. The van der Waals surface area contributed by atoms with Crippen LogP contribution < -0.4 is 14.8 Å². The molecular formula is C23H18BrN3O5. The molecule has 0 unspecified atom stereocenters. The van der Waals surface area contributed by atoms with E-state index < -0.39 is 17.8 Å². The van der Waals surface area contributed by atoms with Gasteiger partial charge in [0.1, 0.15) is 5.82 Å². The van der Waals surface area contributed by atoms with Gasteiger partial charge in [-0.2, -0.15) is 0 Å². The number of rotatable bonds is 6. The number of hydrogen-bond acceptors (Lipinski definition) is 6. The van der Waals surface area contributed by atoms with Crippen molar-refractivity contribution in [2.45, 2.75) is 13.0 Å². The first kappa shape index (κ1) is 21.5. The zero-order valence-corrected chi connectivity index (χ0v) is 18.4. The first-order chi connectivity index (χ1) is 15.5. The molecule has 2 aromatic carbocycles. The summed E-state index contributed by atoms with van der Waals surface area (Å²) in [6.07, 6.45) is 6.19. The summed E-state index contributed by atoms with van der Waals surface area (Å²) in [7, 11) is 0. The molecule has 162 valence electrons. The molecule has 0 spiro atoms. The van der Waals surface area contributed by atoms with Gasteiger partial charge in [-0.25, -0.2) is 14.6 Å². The predicted octanol–water partition coefficient (Wildman–Crippen LogP) is 3.51. The van der Waals surface area contributed by atoms with Crippen molar-refractivity contribution in [3.63, 3.8) is 0 Å². The minimum Gasteiger partial charge on any atom is -0.418 e. The summed E-state index contributed by atoms with van der Waals surface area (Å²) in [6, 6.07) is 12.9. The van der Waals surface area contributed by atoms with Crippen LogP contribution in [0.5, 0.6) is 11.5 Å². The third kappa shape index (κ3) is 4.78. The fourth-order valence-corrected chi connectivity index (χ4v) is 3.60. The van der Waals surface area contributed by atoms with Gasteiger partial charge in [0.15, 0.2) is 11.5 Å². The number of nitrogens with one attached hydrogen (secondary N) is 1. The maximum atomic E-state index is 12.8. The first-order valence-corrected chi connectivity index (χ1v) is 10.6. The van der Waals surface area contributed by atoms with Crippen LogP contribution in [0, 0.1) is 0 Å². The fourth-order valence-electron chi connectivity index (χ4n) is 3.20. The van der Waals surface area contributed by atoms with Crippen LogP contribution >= 0.6 is 15.9 Å². The molecule has 8 nitrogen and oxygen atoms in total. The van der Waals surface area contributed by atoms with Crippen molar-refractivity contribution < 1.29 is 23.9 Å². The highest BCUT2D eigenvalue weighted by atomic mass is 79.9. The zero-order chi connectivity index (χ0) is 22.5. The molecule has 1 aliphatic heterocycles. The Hall–Kier alpha value is -3.72. The van der Waals surface area contributed by atoms with E-state index in [0.29, 0.717) is 24.0 Å². The standard InChI is InChI=1S/C23H18BrN3O5/c24-17-8-7-16(20-21(17)32-19(29)10-9-18(28)31-20)23(30)26-11-4-13-27-14-12-25-22(27)15-5-2-1-3-6-15/h1-3,5-10,12,14H,4,11,13H2,(H,26,30)/b10-9+. The third-order valence-corrected chi connectivity index (χ3v) is 5.30. The normalized spacial score (nSPS) is 13.9. The van der Waals surface area contributed by atoms with Gasteiger partial charge in [0.2, 0.25) is 0 Å². The molecule has 0 saturated carbocycles. The van der Waals surface area contributed by atoms with Gasteiger partial charge in [-0.1, -0.05) is 30.3 Å². The van der Waals surface area contributed by atoms with Crippen LogP contribution in [0.3, 0.4) is 0 Å². The largest absolute Gasteiger partial charge is 0.418 e. The molecule has 32 heavy (non-hydrogen) atoms. The number of imidazole rings is 1. The molecule has 0 atom stereocenters. The number of nitrogens with zero attached hydrogens (tertiary/aromatic N) is 2. The van der Waals surface area contributed by atoms with Crippen molar-refractivity contribution in [2.24, 2.45) is 0 Å². The minimum absolute atomic E-state index is 0.0220. The number of benzene rings is 2. The number of aryl methyl sites for hydroxylation is 1. The lowest BCUT2D eigenvalue weighted by Crippen LogP contribution is -2.27. The van der Waals surface area contributed by atoms with Gasteiger partial charge in [0.25, 0.3) is 5.91 Å². The molecule has 0 bridgehead atoms. The Kier molecular flexibility index (Phi) is 6.46. The van der Waals surface area contributed by atoms with Crippen LogP contribution in [0.15, 0.2) is 71.5 Å². The summed E-state index contributed by atoms with van der Waals surface area (Å²) >= 11 is 3.25. The summed E-state index contributed by atoms with van der Waals surface area (Å²) in [5.74, 6) is -1.24. The minimum atomic E-state index is -0.774. The van der Waals surface area contributed by atoms with E-state index in [0.717, 1.165) is 23.5 Å². The molecule has 0 saturated heterocycles. The van der Waals surface area contributed by atoms with Crippen molar-refractivity contribution in [3.8, 4) is 22.9 Å². The molecule has 1 N–H and O–H groups in total. The number of carbonyl (C=O) groups is 3. The van der Waals surface area contributed by atoms with Crippen LogP contribution in [0.4, 0.5) is 0 Å². The van der Waals surface area contributed by atoms with E-state index >= 15 is 0 Å². The average molecular weight is 496 g/mol. The molecule has 0 radical (unpaired) electrons. The summed E-state index contributed by atoms with van der Waals surface area (Å²) in [5, 5.41) is 2.81. The number of halogens is 1. The van der Waals surface area contributed by atoms with E-state index in [1.54, 1.807) is 12.3 Å². The summed E-state index contributed by atoms with van der Waals surface area (Å²) in [6.45, 7) is 1.03. The van der Waals surface area contributed by atoms with Gasteiger partial charge >= 0.3 is 11.9 Å². The van der Waals surface area contributed by atoms with Gasteiger partial charge < -0.3 is 19.4 Å². The smallest absolute Gasteiger partial charge is 0.336 e. The Bertz CT molecular complexity index is 1200. The van der Waals surface area contributed by atoms with E-state index in [1.165, 1.54) is 6.07 Å². The highest BCUT2D eigenvalue weighted by Crippen LogP contribution is 2.39. The van der Waals surface area contributed by atoms with Crippen LogP contribution in [0.1, 0.15) is 16.8 Å². The maximum absolute atomic E-state index is 12.8. The lowest BCUT2D eigenvalue weighted by atomic mass is 10.1. The Morgan fingerprint density at radius 2 is 1.72 bits per heavy atom. The molecule has 1 aromatic heterocycles. The highest BCUT2D eigenvalue weighted by Gasteiger charge is 2.25. The van der Waals surface area contributed by atoms with Crippen LogP contribution in [-0.4, -0.2) is 33.9 Å². The Morgan fingerprint density at radius 3 is 2.47 bits per heavy atom. The SMILES string of the molecule is O=C1/C=C/C(=O)Oc2c(C(=O)NCCCn3ccnc3-c3ccccc3)ccc(Br)c2O1. The number of carbonyl (C=O) groups excluding carboxylic acids is 3. The van der Waals surface area contributed by atoms with Gasteiger partial charge in [0, 0.05) is 43.2 Å². The Labute approximate surface area is 192 Å². The number of hydrogen-bond donors (Lipinski definition) is 1. The monoisotopic (exact) mass is 495 g/mol. The van der Waals surface area contributed by atoms with Crippen LogP contribution in [0.25, 0.3) is 11.4 Å². The van der Waals surface area contributed by atoms with Gasteiger partial charge in [0.05, 0.1) is 10.0 Å². The van der Waals surface area contributed by atoms with Crippen LogP contribution in [0.2, 0.25) is 0 Å². The lowest BCUT2D eigenvalue weighted by molar-refractivity contribution is -0.133. The average Bonchev–Trinajstić information content (AvgIpc) is 3.26. The number of fused-ring (bicyclic) bond motifs is 1. The molecule has 1 aliphatic rings. The number of amides is 1. The Morgan fingerprint density at radius 1 is 1.00 bits per heavy atom. The third-order valence-electron chi connectivity index (χ3n) is 4.68. The quantitative estimate of drug-likeness (QED) is 0.319. The first-order valence-electron chi connectivity index (χ1n) is 9.82. The van der Waals surface area contributed by atoms with Crippen LogP contribution in [-0.2, 0) is 16.1 Å². The number of ether oxygens (including phenoxy) is 2. The molecule has 9 heteroatoms. The molecule has 4 rings (SSSR count). The van der Waals surface area contributed by atoms with Gasteiger partial charge in [-0.3, -0.25) is 4.79 Å². The summed E-state index contributed by atoms with van der Waals surface area (Å²) in [5.41, 5.74) is 1.10. The molecular weight excluding hydrogens is 478 g/mol. The Balaban J connectivity index is 1.42.